The van der Waals surface area contributed by atoms with E-state index in [2.05, 4.69) is 36.9 Å². The van der Waals surface area contributed by atoms with Crippen LogP contribution in [0.1, 0.15) is 18.9 Å². The molecule has 0 atom stereocenters. The number of ether oxygens (including phenoxy) is 1. The summed E-state index contributed by atoms with van der Waals surface area (Å²) in [5.41, 5.74) is 2.53. The standard InChI is InChI=1S/C17H22O/c1-3-9-17(10-4-2)15-18-14-8-13-16-11-6-5-7-12-16/h3-7,9-12H,1,8,13-15H2,2H3/b10-4-,17-9+. The number of hydrogen-bond donors (Lipinski definition) is 0. The van der Waals surface area contributed by atoms with E-state index in [1.165, 1.54) is 5.56 Å². The lowest BCUT2D eigenvalue weighted by Gasteiger charge is -2.05. The predicted octanol–water partition coefficient (Wildman–Crippen LogP) is 4.32. The number of hydrogen-bond acceptors (Lipinski definition) is 1. The van der Waals surface area contributed by atoms with Crippen LogP contribution in [-0.2, 0) is 11.2 Å². The number of allylic oxidation sites excluding steroid dienone is 3. The van der Waals surface area contributed by atoms with Gasteiger partial charge in [0.2, 0.25) is 0 Å². The summed E-state index contributed by atoms with van der Waals surface area (Å²) in [6.07, 6.45) is 9.98. The molecular formula is C17H22O. The fraction of sp³-hybridized carbons (Fsp3) is 0.294. The molecule has 1 rings (SSSR count). The number of rotatable bonds is 8. The van der Waals surface area contributed by atoms with Gasteiger partial charge >= 0.3 is 0 Å². The first kappa shape index (κ1) is 14.5. The minimum atomic E-state index is 0.658. The second kappa shape index (κ2) is 9.43. The molecule has 1 nitrogen and oxygen atoms in total. The zero-order valence-electron chi connectivity index (χ0n) is 11.1. The van der Waals surface area contributed by atoms with Gasteiger partial charge in [-0.05, 0) is 30.9 Å². The van der Waals surface area contributed by atoms with E-state index in [-0.39, 0.29) is 0 Å². The SMILES string of the molecule is C=C/C=C(\C=C/C)COCCCc1ccccc1. The smallest absolute Gasteiger partial charge is 0.0716 e. The Morgan fingerprint density at radius 1 is 1.28 bits per heavy atom. The predicted molar refractivity (Wildman–Crippen MR) is 78.7 cm³/mol. The molecule has 0 radical (unpaired) electrons. The van der Waals surface area contributed by atoms with Crippen molar-refractivity contribution in [3.8, 4) is 0 Å². The maximum absolute atomic E-state index is 5.66. The average Bonchev–Trinajstić information content (AvgIpc) is 2.40. The van der Waals surface area contributed by atoms with Crippen LogP contribution in [-0.4, -0.2) is 13.2 Å². The van der Waals surface area contributed by atoms with Crippen LogP contribution in [0.4, 0.5) is 0 Å². The molecule has 1 aromatic carbocycles. The molecule has 0 aromatic heterocycles. The molecule has 1 aromatic rings. The Kier molecular flexibility index (Phi) is 7.58. The Balaban J connectivity index is 2.18. The molecule has 0 spiro atoms. The summed E-state index contributed by atoms with van der Waals surface area (Å²) < 4.78 is 5.66. The fourth-order valence-corrected chi connectivity index (χ4v) is 1.73. The fourth-order valence-electron chi connectivity index (χ4n) is 1.73. The van der Waals surface area contributed by atoms with Crippen LogP contribution >= 0.6 is 0 Å². The van der Waals surface area contributed by atoms with E-state index >= 15 is 0 Å². The van der Waals surface area contributed by atoms with Crippen molar-refractivity contribution < 1.29 is 4.74 Å². The largest absolute Gasteiger partial charge is 0.377 e. The number of aryl methyl sites for hydroxylation is 1. The summed E-state index contributed by atoms with van der Waals surface area (Å²) in [7, 11) is 0. The Morgan fingerprint density at radius 3 is 2.72 bits per heavy atom. The van der Waals surface area contributed by atoms with Gasteiger partial charge < -0.3 is 4.74 Å². The lowest BCUT2D eigenvalue weighted by Crippen LogP contribution is -2.00. The van der Waals surface area contributed by atoms with Crippen LogP contribution in [0, 0.1) is 0 Å². The molecule has 0 aliphatic heterocycles. The van der Waals surface area contributed by atoms with E-state index in [0.717, 1.165) is 25.0 Å². The van der Waals surface area contributed by atoms with Crippen molar-refractivity contribution >= 4 is 0 Å². The van der Waals surface area contributed by atoms with Gasteiger partial charge in [0, 0.05) is 6.61 Å². The van der Waals surface area contributed by atoms with Gasteiger partial charge in [-0.3, -0.25) is 0 Å². The minimum Gasteiger partial charge on any atom is -0.377 e. The van der Waals surface area contributed by atoms with Crippen molar-refractivity contribution in [2.45, 2.75) is 19.8 Å². The van der Waals surface area contributed by atoms with E-state index in [9.17, 15) is 0 Å². The highest BCUT2D eigenvalue weighted by Crippen LogP contribution is 2.04. The molecule has 96 valence electrons. The summed E-state index contributed by atoms with van der Waals surface area (Å²) in [5, 5.41) is 0. The molecule has 1 heteroatoms. The molecule has 0 unspecified atom stereocenters. The molecule has 0 bridgehead atoms. The molecule has 0 aliphatic rings. The Hall–Kier alpha value is -1.60. The Morgan fingerprint density at radius 2 is 2.06 bits per heavy atom. The van der Waals surface area contributed by atoms with E-state index in [1.807, 2.05) is 25.1 Å². The van der Waals surface area contributed by atoms with Gasteiger partial charge in [0.05, 0.1) is 6.61 Å². The normalized spacial score (nSPS) is 11.9. The van der Waals surface area contributed by atoms with Crippen molar-refractivity contribution in [1.29, 1.82) is 0 Å². The van der Waals surface area contributed by atoms with Gasteiger partial charge in [-0.2, -0.15) is 0 Å². The van der Waals surface area contributed by atoms with Crippen molar-refractivity contribution in [3.05, 3.63) is 72.4 Å². The van der Waals surface area contributed by atoms with Gasteiger partial charge in [0.1, 0.15) is 0 Å². The van der Waals surface area contributed by atoms with E-state index in [1.54, 1.807) is 6.08 Å². The van der Waals surface area contributed by atoms with Crippen LogP contribution in [0.3, 0.4) is 0 Å². The van der Waals surface area contributed by atoms with Gasteiger partial charge in [-0.1, -0.05) is 61.2 Å². The maximum atomic E-state index is 5.66. The molecule has 0 fully saturated rings. The summed E-state index contributed by atoms with van der Waals surface area (Å²) >= 11 is 0. The molecule has 0 N–H and O–H groups in total. The maximum Gasteiger partial charge on any atom is 0.0716 e. The molecular weight excluding hydrogens is 220 g/mol. The Labute approximate surface area is 110 Å². The van der Waals surface area contributed by atoms with E-state index in [0.29, 0.717) is 6.61 Å². The second-order valence-corrected chi connectivity index (χ2v) is 4.12. The first-order chi connectivity index (χ1) is 8.86. The Bertz CT molecular complexity index is 387. The first-order valence-electron chi connectivity index (χ1n) is 6.42. The first-order valence-corrected chi connectivity index (χ1v) is 6.42. The van der Waals surface area contributed by atoms with Crippen molar-refractivity contribution in [1.82, 2.24) is 0 Å². The van der Waals surface area contributed by atoms with Crippen molar-refractivity contribution in [2.75, 3.05) is 13.2 Å². The van der Waals surface area contributed by atoms with Gasteiger partial charge in [-0.25, -0.2) is 0 Å². The molecule has 18 heavy (non-hydrogen) atoms. The second-order valence-electron chi connectivity index (χ2n) is 4.12. The highest BCUT2D eigenvalue weighted by Gasteiger charge is 1.94. The zero-order chi connectivity index (χ0) is 13.1. The van der Waals surface area contributed by atoms with Crippen LogP contribution < -0.4 is 0 Å². The lowest BCUT2D eigenvalue weighted by molar-refractivity contribution is 0.155. The van der Waals surface area contributed by atoms with Crippen molar-refractivity contribution in [2.24, 2.45) is 0 Å². The van der Waals surface area contributed by atoms with Gasteiger partial charge in [0.25, 0.3) is 0 Å². The highest BCUT2D eigenvalue weighted by atomic mass is 16.5. The van der Waals surface area contributed by atoms with Crippen LogP contribution in [0.2, 0.25) is 0 Å². The third-order valence-electron chi connectivity index (χ3n) is 2.58. The highest BCUT2D eigenvalue weighted by molar-refractivity contribution is 5.22. The van der Waals surface area contributed by atoms with E-state index < -0.39 is 0 Å². The minimum absolute atomic E-state index is 0.658. The van der Waals surface area contributed by atoms with Crippen LogP contribution in [0.25, 0.3) is 0 Å². The third-order valence-corrected chi connectivity index (χ3v) is 2.58. The number of benzene rings is 1. The summed E-state index contributed by atoms with van der Waals surface area (Å²) in [6, 6.07) is 10.5. The summed E-state index contributed by atoms with van der Waals surface area (Å²) in [6.45, 7) is 7.16. The monoisotopic (exact) mass is 242 g/mol. The van der Waals surface area contributed by atoms with Gasteiger partial charge in [0.15, 0.2) is 0 Å². The van der Waals surface area contributed by atoms with Crippen molar-refractivity contribution in [3.63, 3.8) is 0 Å². The lowest BCUT2D eigenvalue weighted by atomic mass is 10.1. The van der Waals surface area contributed by atoms with Crippen LogP contribution in [0.15, 0.2) is 66.8 Å². The zero-order valence-corrected chi connectivity index (χ0v) is 11.1. The molecule has 0 heterocycles. The molecule has 0 amide bonds. The molecule has 0 saturated heterocycles. The summed E-state index contributed by atoms with van der Waals surface area (Å²) in [4.78, 5) is 0. The summed E-state index contributed by atoms with van der Waals surface area (Å²) in [5.74, 6) is 0. The van der Waals surface area contributed by atoms with Crippen LogP contribution in [0.5, 0.6) is 0 Å². The van der Waals surface area contributed by atoms with E-state index in [4.69, 9.17) is 4.74 Å². The average molecular weight is 242 g/mol. The molecule has 0 saturated carbocycles. The molecule has 0 aliphatic carbocycles. The van der Waals surface area contributed by atoms with Gasteiger partial charge in [-0.15, -0.1) is 0 Å². The quantitative estimate of drug-likeness (QED) is 0.487. The topological polar surface area (TPSA) is 9.23 Å². The third kappa shape index (κ3) is 6.21.